The Kier molecular flexibility index (Phi) is 23.3. The van der Waals surface area contributed by atoms with Crippen LogP contribution >= 0.6 is 0 Å². The number of carbonyl (C=O) groups is 3. The molecule has 2 unspecified atom stereocenters. The van der Waals surface area contributed by atoms with E-state index in [1.54, 1.807) is 0 Å². The van der Waals surface area contributed by atoms with Crippen LogP contribution in [0.3, 0.4) is 0 Å². The van der Waals surface area contributed by atoms with Crippen molar-refractivity contribution in [2.24, 2.45) is 0 Å². The summed E-state index contributed by atoms with van der Waals surface area (Å²) in [4.78, 5) is 37.7. The predicted molar refractivity (Wildman–Crippen MR) is 172 cm³/mol. The van der Waals surface area contributed by atoms with Crippen LogP contribution in [-0.2, 0) is 32.1 Å². The zero-order valence-corrected chi connectivity index (χ0v) is 29.0. The summed E-state index contributed by atoms with van der Waals surface area (Å²) in [6.07, 6.45) is 22.1. The van der Waals surface area contributed by atoms with Crippen LogP contribution in [0.25, 0.3) is 0 Å². The maximum Gasteiger partial charge on any atom is 0.417 e. The monoisotopic (exact) mass is 653 g/mol. The first-order valence-electron chi connectivity index (χ1n) is 17.4. The van der Waals surface area contributed by atoms with E-state index in [1.165, 1.54) is 96.8 Å². The van der Waals surface area contributed by atoms with Crippen molar-refractivity contribution >= 4 is 18.1 Å². The Hall–Kier alpha value is -2.39. The van der Waals surface area contributed by atoms with E-state index >= 15 is 0 Å². The average Bonchev–Trinajstić information content (AvgIpc) is 3.00. The van der Waals surface area contributed by atoms with E-state index in [2.05, 4.69) is 12.2 Å². The van der Waals surface area contributed by atoms with Gasteiger partial charge in [0.25, 0.3) is 0 Å². The number of aromatic nitrogens is 1. The molecule has 0 bridgehead atoms. The van der Waals surface area contributed by atoms with Gasteiger partial charge in [-0.2, -0.15) is 0 Å². The highest BCUT2D eigenvalue weighted by molar-refractivity contribution is 5.90. The molecule has 1 aliphatic rings. The number of ether oxygens (including phenoxy) is 3. The number of halogens is 1. The maximum absolute atomic E-state index is 12.6. The van der Waals surface area contributed by atoms with Gasteiger partial charge in [-0.05, 0) is 13.3 Å². The third-order valence-electron chi connectivity index (χ3n) is 8.30. The molecule has 0 aromatic carbocycles. The number of aryl methyl sites for hydroxylation is 1. The summed E-state index contributed by atoms with van der Waals surface area (Å²) in [5.74, 6) is -0.382. The largest absolute Gasteiger partial charge is 1.00 e. The van der Waals surface area contributed by atoms with Gasteiger partial charge in [0.1, 0.15) is 26.3 Å². The van der Waals surface area contributed by atoms with Crippen LogP contribution in [0.15, 0.2) is 24.4 Å². The molecule has 2 heterocycles. The number of alkyl carbamates (subject to hydrolysis) is 1. The molecule has 0 saturated carbocycles. The van der Waals surface area contributed by atoms with E-state index < -0.39 is 12.2 Å². The number of amides is 3. The standard InChI is InChI=1S/C35H59N3O6.ClH/c1-4-6-7-8-9-10-11-12-13-14-15-16-17-18-19-21-24-36-34(40)42-28-32-26-33(44-32)29-43-35(41)38(30(3)39)27-31-23-20-22-25-37(31)5-2;/h20,22-23,25,32-33H,4-19,21,24,26-29H2,1-3H3;1H. The number of nitrogens with one attached hydrogen (secondary N) is 1. The van der Waals surface area contributed by atoms with E-state index in [0.29, 0.717) is 13.0 Å². The molecule has 45 heavy (non-hydrogen) atoms. The van der Waals surface area contributed by atoms with Crippen LogP contribution < -0.4 is 22.3 Å². The third kappa shape index (κ3) is 18.4. The number of imide groups is 1. The molecule has 3 amide bonds. The molecule has 9 nitrogen and oxygen atoms in total. The normalized spacial score (nSPS) is 15.4. The van der Waals surface area contributed by atoms with Gasteiger partial charge in [0.2, 0.25) is 11.6 Å². The van der Waals surface area contributed by atoms with Crippen LogP contribution in [0, 0.1) is 0 Å². The van der Waals surface area contributed by atoms with Crippen LogP contribution in [-0.4, -0.2) is 55.0 Å². The lowest BCUT2D eigenvalue weighted by Gasteiger charge is -2.35. The van der Waals surface area contributed by atoms with E-state index in [-0.39, 0.29) is 50.3 Å². The first-order valence-corrected chi connectivity index (χ1v) is 17.4. The van der Waals surface area contributed by atoms with E-state index in [9.17, 15) is 14.4 Å². The van der Waals surface area contributed by atoms with Crippen LogP contribution in [0.4, 0.5) is 9.59 Å². The zero-order valence-electron chi connectivity index (χ0n) is 28.2. The summed E-state index contributed by atoms with van der Waals surface area (Å²) < 4.78 is 18.3. The Morgan fingerprint density at radius 1 is 0.822 bits per heavy atom. The number of unbranched alkanes of at least 4 members (excludes halogenated alkanes) is 15. The topological polar surface area (TPSA) is 98.0 Å². The van der Waals surface area contributed by atoms with Crippen molar-refractivity contribution in [1.82, 2.24) is 10.2 Å². The molecule has 1 aromatic rings. The van der Waals surface area contributed by atoms with Crippen LogP contribution in [0.1, 0.15) is 136 Å². The summed E-state index contributed by atoms with van der Waals surface area (Å²) in [7, 11) is 0. The minimum Gasteiger partial charge on any atom is -1.00 e. The van der Waals surface area contributed by atoms with E-state index in [0.717, 1.165) is 30.0 Å². The van der Waals surface area contributed by atoms with Crippen molar-refractivity contribution in [2.75, 3.05) is 19.8 Å². The molecule has 1 fully saturated rings. The summed E-state index contributed by atoms with van der Waals surface area (Å²) in [6, 6.07) is 5.66. The molecular formula is C35H60ClN3O6. The van der Waals surface area contributed by atoms with E-state index in [4.69, 9.17) is 14.2 Å². The van der Waals surface area contributed by atoms with Gasteiger partial charge in [-0.1, -0.05) is 109 Å². The van der Waals surface area contributed by atoms with Gasteiger partial charge >= 0.3 is 12.2 Å². The van der Waals surface area contributed by atoms with Gasteiger partial charge < -0.3 is 31.9 Å². The summed E-state index contributed by atoms with van der Waals surface area (Å²) in [6.45, 7) is 7.32. The molecule has 10 heteroatoms. The highest BCUT2D eigenvalue weighted by Gasteiger charge is 2.33. The van der Waals surface area contributed by atoms with Gasteiger partial charge in [-0.25, -0.2) is 19.1 Å². The first-order chi connectivity index (χ1) is 21.4. The molecule has 258 valence electrons. The quantitative estimate of drug-likeness (QED) is 0.129. The van der Waals surface area contributed by atoms with Crippen molar-refractivity contribution in [3.8, 4) is 0 Å². The summed E-state index contributed by atoms with van der Waals surface area (Å²) in [5, 5.41) is 2.81. The summed E-state index contributed by atoms with van der Waals surface area (Å²) in [5.41, 5.74) is 0.840. The van der Waals surface area contributed by atoms with Gasteiger partial charge in [0, 0.05) is 32.0 Å². The molecule has 2 atom stereocenters. The number of rotatable bonds is 24. The minimum atomic E-state index is -0.694. The molecule has 0 radical (unpaired) electrons. The predicted octanol–water partition coefficient (Wildman–Crippen LogP) is 4.63. The minimum absolute atomic E-state index is 0. The average molecular weight is 654 g/mol. The second kappa shape index (κ2) is 25.8. The Balaban J connectivity index is 0.0000101. The Morgan fingerprint density at radius 3 is 1.84 bits per heavy atom. The molecular weight excluding hydrogens is 594 g/mol. The Morgan fingerprint density at radius 2 is 1.33 bits per heavy atom. The fraction of sp³-hybridized carbons (Fsp3) is 0.771. The van der Waals surface area contributed by atoms with Crippen molar-refractivity contribution in [2.45, 2.75) is 155 Å². The fourth-order valence-corrected chi connectivity index (χ4v) is 5.52. The molecule has 1 aliphatic heterocycles. The number of hydrogen-bond acceptors (Lipinski definition) is 6. The first kappa shape index (κ1) is 40.6. The molecule has 1 aromatic heterocycles. The Labute approximate surface area is 278 Å². The number of carbonyl (C=O) groups excluding carboxylic acids is 3. The van der Waals surface area contributed by atoms with Crippen molar-refractivity contribution < 1.29 is 45.6 Å². The highest BCUT2D eigenvalue weighted by Crippen LogP contribution is 2.21. The van der Waals surface area contributed by atoms with Crippen LogP contribution in [0.2, 0.25) is 0 Å². The second-order valence-corrected chi connectivity index (χ2v) is 12.1. The lowest BCUT2D eigenvalue weighted by atomic mass is 10.0. The molecule has 0 spiro atoms. The lowest BCUT2D eigenvalue weighted by Crippen LogP contribution is -3.00. The molecule has 2 rings (SSSR count). The van der Waals surface area contributed by atoms with Gasteiger partial charge in [-0.3, -0.25) is 4.79 Å². The highest BCUT2D eigenvalue weighted by atomic mass is 35.5. The molecule has 1 saturated heterocycles. The smallest absolute Gasteiger partial charge is 0.417 e. The number of pyridine rings is 1. The fourth-order valence-electron chi connectivity index (χ4n) is 5.52. The van der Waals surface area contributed by atoms with Gasteiger partial charge in [0.15, 0.2) is 6.20 Å². The van der Waals surface area contributed by atoms with Crippen molar-refractivity contribution in [1.29, 1.82) is 0 Å². The maximum atomic E-state index is 12.6. The van der Waals surface area contributed by atoms with Crippen molar-refractivity contribution in [3.63, 3.8) is 0 Å². The lowest BCUT2D eigenvalue weighted by molar-refractivity contribution is -0.701. The third-order valence-corrected chi connectivity index (χ3v) is 8.30. The van der Waals surface area contributed by atoms with Gasteiger partial charge in [0.05, 0.1) is 12.2 Å². The SMILES string of the molecule is CCCCCCCCCCCCCCCCCCNC(=O)OCC1CC(COC(=O)N(Cc2cccc[n+]2CC)C(C)=O)O1.[Cl-]. The Bertz CT molecular complexity index is 944. The molecule has 0 aliphatic carbocycles. The van der Waals surface area contributed by atoms with Gasteiger partial charge in [-0.15, -0.1) is 0 Å². The van der Waals surface area contributed by atoms with Crippen molar-refractivity contribution in [3.05, 3.63) is 30.1 Å². The van der Waals surface area contributed by atoms with Crippen LogP contribution in [0.5, 0.6) is 0 Å². The molecule has 1 N–H and O–H groups in total. The zero-order chi connectivity index (χ0) is 31.8. The van der Waals surface area contributed by atoms with E-state index in [1.807, 2.05) is 35.9 Å². The number of nitrogens with zero attached hydrogens (tertiary/aromatic N) is 2. The number of hydrogen-bond donors (Lipinski definition) is 1. The second-order valence-electron chi connectivity index (χ2n) is 12.1. The summed E-state index contributed by atoms with van der Waals surface area (Å²) >= 11 is 0.